The summed E-state index contributed by atoms with van der Waals surface area (Å²) in [5, 5.41) is 0.954. The van der Waals surface area contributed by atoms with Gasteiger partial charge in [0.2, 0.25) is 0 Å². The van der Waals surface area contributed by atoms with Crippen LogP contribution < -0.4 is 0 Å². The Morgan fingerprint density at radius 1 is 1.12 bits per heavy atom. The second-order valence-electron chi connectivity index (χ2n) is 7.00. The molecule has 0 aliphatic carbocycles. The first-order chi connectivity index (χ1) is 12.6. The van der Waals surface area contributed by atoms with Crippen molar-refractivity contribution in [1.29, 1.82) is 0 Å². The average Bonchev–Trinajstić information content (AvgIpc) is 3.10. The number of aromatic amines is 1. The summed E-state index contributed by atoms with van der Waals surface area (Å²) >= 11 is 0. The highest BCUT2D eigenvalue weighted by Crippen LogP contribution is 2.34. The lowest BCUT2D eigenvalue weighted by Crippen LogP contribution is -2.44. The number of piperidine rings is 1. The Morgan fingerprint density at radius 2 is 1.85 bits per heavy atom. The molecule has 0 bridgehead atoms. The van der Waals surface area contributed by atoms with Gasteiger partial charge in [0.05, 0.1) is 6.54 Å². The van der Waals surface area contributed by atoms with E-state index in [2.05, 4.69) is 9.88 Å². The van der Waals surface area contributed by atoms with E-state index in [9.17, 15) is 9.59 Å². The fourth-order valence-electron chi connectivity index (χ4n) is 4.01. The van der Waals surface area contributed by atoms with Crippen molar-refractivity contribution in [2.24, 2.45) is 5.92 Å². The molecule has 0 amide bonds. The van der Waals surface area contributed by atoms with Crippen molar-refractivity contribution in [3.05, 3.63) is 71.9 Å². The standard InChI is InChI=1S/C22H22N2O2/c1-15-20(25)11-12-24(22(15)16-7-3-2-4-8-16)14-21(26)18-13-23-19-10-6-5-9-17(18)19/h2-10,13,15,22-23H,11-12,14H2,1H3/t15-,22+/m0/s1. The van der Waals surface area contributed by atoms with Crippen molar-refractivity contribution in [2.45, 2.75) is 19.4 Å². The van der Waals surface area contributed by atoms with Gasteiger partial charge < -0.3 is 4.98 Å². The van der Waals surface area contributed by atoms with Gasteiger partial charge >= 0.3 is 0 Å². The van der Waals surface area contributed by atoms with E-state index < -0.39 is 0 Å². The number of carbonyl (C=O) groups excluding carboxylic acids is 2. The van der Waals surface area contributed by atoms with Gasteiger partial charge in [0.25, 0.3) is 0 Å². The summed E-state index contributed by atoms with van der Waals surface area (Å²) in [5.74, 6) is 0.251. The van der Waals surface area contributed by atoms with Gasteiger partial charge in [-0.05, 0) is 11.6 Å². The molecule has 2 aromatic carbocycles. The number of H-pyrrole nitrogens is 1. The number of ketones is 2. The zero-order valence-electron chi connectivity index (χ0n) is 14.8. The number of rotatable bonds is 4. The molecule has 4 heteroatoms. The molecule has 1 aromatic heterocycles. The molecule has 0 saturated carbocycles. The smallest absolute Gasteiger partial charge is 0.178 e. The summed E-state index contributed by atoms with van der Waals surface area (Å²) in [7, 11) is 0. The minimum atomic E-state index is -0.109. The van der Waals surface area contributed by atoms with Gasteiger partial charge in [0, 0.05) is 47.6 Å². The molecule has 0 radical (unpaired) electrons. The van der Waals surface area contributed by atoms with Crippen LogP contribution in [-0.2, 0) is 4.79 Å². The number of aromatic nitrogens is 1. The summed E-state index contributed by atoms with van der Waals surface area (Å²) in [6.45, 7) is 2.91. The monoisotopic (exact) mass is 346 g/mol. The normalized spacial score (nSPS) is 21.2. The van der Waals surface area contributed by atoms with E-state index in [0.29, 0.717) is 19.5 Å². The summed E-state index contributed by atoms with van der Waals surface area (Å²) < 4.78 is 0. The number of benzene rings is 2. The fourth-order valence-corrected chi connectivity index (χ4v) is 4.01. The third kappa shape index (κ3) is 2.97. The summed E-state index contributed by atoms with van der Waals surface area (Å²) in [5.41, 5.74) is 2.79. The average molecular weight is 346 g/mol. The van der Waals surface area contributed by atoms with Crippen molar-refractivity contribution in [1.82, 2.24) is 9.88 Å². The van der Waals surface area contributed by atoms with Crippen LogP contribution in [0, 0.1) is 5.92 Å². The highest BCUT2D eigenvalue weighted by Gasteiger charge is 2.36. The number of fused-ring (bicyclic) bond motifs is 1. The number of nitrogens with zero attached hydrogens (tertiary/aromatic N) is 1. The SMILES string of the molecule is C[C@H]1C(=O)CCN(CC(=O)c2c[nH]c3ccccc23)[C@H]1c1ccccc1. The Labute approximate surface area is 152 Å². The van der Waals surface area contributed by atoms with E-state index in [0.717, 1.165) is 22.0 Å². The molecule has 132 valence electrons. The number of likely N-dealkylation sites (tertiary alicyclic amines) is 1. The number of hydrogen-bond acceptors (Lipinski definition) is 3. The number of Topliss-reactive ketones (excluding diaryl/α,β-unsaturated/α-hetero) is 2. The van der Waals surface area contributed by atoms with Gasteiger partial charge in [-0.2, -0.15) is 0 Å². The quantitative estimate of drug-likeness (QED) is 0.727. The highest BCUT2D eigenvalue weighted by molar-refractivity contribution is 6.08. The lowest BCUT2D eigenvalue weighted by Gasteiger charge is -2.39. The zero-order chi connectivity index (χ0) is 18.1. The highest BCUT2D eigenvalue weighted by atomic mass is 16.1. The van der Waals surface area contributed by atoms with Gasteiger partial charge in [-0.3, -0.25) is 14.5 Å². The Morgan fingerprint density at radius 3 is 2.65 bits per heavy atom. The summed E-state index contributed by atoms with van der Waals surface area (Å²) in [4.78, 5) is 30.6. The van der Waals surface area contributed by atoms with Crippen LogP contribution in [0.3, 0.4) is 0 Å². The van der Waals surface area contributed by atoms with Crippen LogP contribution in [0.15, 0.2) is 60.8 Å². The van der Waals surface area contributed by atoms with Gasteiger partial charge in [0.1, 0.15) is 5.78 Å². The van der Waals surface area contributed by atoms with Crippen LogP contribution >= 0.6 is 0 Å². The maximum Gasteiger partial charge on any atom is 0.178 e. The maximum absolute atomic E-state index is 13.0. The van der Waals surface area contributed by atoms with Crippen LogP contribution in [0.2, 0.25) is 0 Å². The second kappa shape index (κ2) is 6.89. The molecule has 1 saturated heterocycles. The first-order valence-electron chi connectivity index (χ1n) is 9.06. The van der Waals surface area contributed by atoms with Crippen molar-refractivity contribution in [3.8, 4) is 0 Å². The molecule has 0 spiro atoms. The molecule has 4 nitrogen and oxygen atoms in total. The van der Waals surface area contributed by atoms with Gasteiger partial charge in [-0.1, -0.05) is 55.5 Å². The molecule has 2 heterocycles. The van der Waals surface area contributed by atoms with Crippen LogP contribution in [0.25, 0.3) is 10.9 Å². The van der Waals surface area contributed by atoms with E-state index in [1.807, 2.05) is 61.5 Å². The second-order valence-corrected chi connectivity index (χ2v) is 7.00. The minimum Gasteiger partial charge on any atom is -0.360 e. The lowest BCUT2D eigenvalue weighted by atomic mass is 9.84. The number of hydrogen-bond donors (Lipinski definition) is 1. The molecular formula is C22H22N2O2. The predicted octanol–water partition coefficient (Wildman–Crippen LogP) is 4.00. The molecule has 4 rings (SSSR count). The minimum absolute atomic E-state index is 0.0494. The van der Waals surface area contributed by atoms with Crippen LogP contribution in [0.5, 0.6) is 0 Å². The van der Waals surface area contributed by atoms with Crippen molar-refractivity contribution >= 4 is 22.5 Å². The molecule has 1 aliphatic heterocycles. The zero-order valence-corrected chi connectivity index (χ0v) is 14.8. The first-order valence-corrected chi connectivity index (χ1v) is 9.06. The Kier molecular flexibility index (Phi) is 4.43. The van der Waals surface area contributed by atoms with Gasteiger partial charge in [-0.25, -0.2) is 0 Å². The Hall–Kier alpha value is -2.72. The molecule has 1 N–H and O–H groups in total. The Balaban J connectivity index is 1.63. The van der Waals surface area contributed by atoms with E-state index in [1.165, 1.54) is 0 Å². The van der Waals surface area contributed by atoms with Crippen LogP contribution in [-0.4, -0.2) is 34.5 Å². The Bertz CT molecular complexity index is 945. The molecule has 0 unspecified atom stereocenters. The van der Waals surface area contributed by atoms with Gasteiger partial charge in [-0.15, -0.1) is 0 Å². The third-order valence-electron chi connectivity index (χ3n) is 5.40. The summed E-state index contributed by atoms with van der Waals surface area (Å²) in [6.07, 6.45) is 2.30. The van der Waals surface area contributed by atoms with E-state index in [-0.39, 0.29) is 23.5 Å². The molecule has 1 fully saturated rings. The largest absolute Gasteiger partial charge is 0.360 e. The number of para-hydroxylation sites is 1. The van der Waals surface area contributed by atoms with Gasteiger partial charge in [0.15, 0.2) is 5.78 Å². The number of carbonyl (C=O) groups is 2. The predicted molar refractivity (Wildman–Crippen MR) is 102 cm³/mol. The third-order valence-corrected chi connectivity index (χ3v) is 5.40. The van der Waals surface area contributed by atoms with E-state index >= 15 is 0 Å². The molecule has 26 heavy (non-hydrogen) atoms. The summed E-state index contributed by atoms with van der Waals surface area (Å²) in [6, 6.07) is 17.8. The molecular weight excluding hydrogens is 324 g/mol. The lowest BCUT2D eigenvalue weighted by molar-refractivity contribution is -0.128. The van der Waals surface area contributed by atoms with Crippen molar-refractivity contribution in [3.63, 3.8) is 0 Å². The molecule has 3 aromatic rings. The van der Waals surface area contributed by atoms with E-state index in [4.69, 9.17) is 0 Å². The van der Waals surface area contributed by atoms with Crippen LogP contribution in [0.1, 0.15) is 35.3 Å². The molecule has 1 aliphatic rings. The van der Waals surface area contributed by atoms with Crippen LogP contribution in [0.4, 0.5) is 0 Å². The van der Waals surface area contributed by atoms with Crippen molar-refractivity contribution in [2.75, 3.05) is 13.1 Å². The first kappa shape index (κ1) is 16.7. The fraction of sp³-hybridized carbons (Fsp3) is 0.273. The maximum atomic E-state index is 13.0. The number of nitrogens with one attached hydrogen (secondary N) is 1. The topological polar surface area (TPSA) is 53.2 Å². The van der Waals surface area contributed by atoms with Crippen molar-refractivity contribution < 1.29 is 9.59 Å². The molecule has 2 atom stereocenters. The van der Waals surface area contributed by atoms with E-state index in [1.54, 1.807) is 6.20 Å².